The Morgan fingerprint density at radius 3 is 2.31 bits per heavy atom. The molecule has 0 saturated carbocycles. The van der Waals surface area contributed by atoms with Crippen LogP contribution in [-0.2, 0) is 9.53 Å². The maximum Gasteiger partial charge on any atom is 0.234 e. The van der Waals surface area contributed by atoms with Crippen LogP contribution < -0.4 is 10.2 Å². The van der Waals surface area contributed by atoms with Gasteiger partial charge < -0.3 is 15.0 Å². The third-order valence-electron chi connectivity index (χ3n) is 4.48. The van der Waals surface area contributed by atoms with Gasteiger partial charge in [-0.05, 0) is 56.2 Å². The first-order valence-corrected chi connectivity index (χ1v) is 9.95. The highest BCUT2D eigenvalue weighted by Crippen LogP contribution is 2.27. The number of thioether (sulfide) groups is 1. The van der Waals surface area contributed by atoms with Crippen molar-refractivity contribution in [2.75, 3.05) is 42.3 Å². The van der Waals surface area contributed by atoms with Gasteiger partial charge in [-0.2, -0.15) is 0 Å². The minimum Gasteiger partial charge on any atom is -0.378 e. The van der Waals surface area contributed by atoms with Crippen LogP contribution in [0.3, 0.4) is 0 Å². The molecule has 0 atom stereocenters. The minimum atomic E-state index is 0.0218. The maximum atomic E-state index is 12.3. The van der Waals surface area contributed by atoms with Crippen LogP contribution in [0.25, 0.3) is 0 Å². The summed E-state index contributed by atoms with van der Waals surface area (Å²) >= 11 is 1.60. The summed E-state index contributed by atoms with van der Waals surface area (Å²) in [6, 6.07) is 12.4. The number of anilines is 2. The summed E-state index contributed by atoms with van der Waals surface area (Å²) in [5.41, 5.74) is 5.73. The highest BCUT2D eigenvalue weighted by Gasteiger charge is 2.12. The van der Waals surface area contributed by atoms with Gasteiger partial charge in [0.1, 0.15) is 0 Å². The molecule has 1 aliphatic rings. The first kappa shape index (κ1) is 18.8. The van der Waals surface area contributed by atoms with Gasteiger partial charge in [0.25, 0.3) is 0 Å². The molecule has 0 radical (unpaired) electrons. The second kappa shape index (κ2) is 8.60. The van der Waals surface area contributed by atoms with Gasteiger partial charge in [0.2, 0.25) is 5.91 Å². The van der Waals surface area contributed by atoms with Gasteiger partial charge >= 0.3 is 0 Å². The van der Waals surface area contributed by atoms with Crippen molar-refractivity contribution in [3.05, 3.63) is 53.1 Å². The quantitative estimate of drug-likeness (QED) is 0.802. The Balaban J connectivity index is 1.55. The van der Waals surface area contributed by atoms with E-state index in [2.05, 4.69) is 55.3 Å². The maximum absolute atomic E-state index is 12.3. The molecule has 2 aromatic rings. The summed E-state index contributed by atoms with van der Waals surface area (Å²) in [7, 11) is 0. The van der Waals surface area contributed by atoms with Gasteiger partial charge in [-0.3, -0.25) is 4.79 Å². The summed E-state index contributed by atoms with van der Waals surface area (Å²) in [4.78, 5) is 15.8. The lowest BCUT2D eigenvalue weighted by molar-refractivity contribution is -0.113. The van der Waals surface area contributed by atoms with Crippen molar-refractivity contribution < 1.29 is 9.53 Å². The monoisotopic (exact) mass is 370 g/mol. The number of benzene rings is 2. The fourth-order valence-electron chi connectivity index (χ4n) is 3.31. The zero-order valence-electron chi connectivity index (χ0n) is 15.7. The van der Waals surface area contributed by atoms with E-state index in [0.717, 1.165) is 32.0 Å². The van der Waals surface area contributed by atoms with Crippen LogP contribution in [0.2, 0.25) is 0 Å². The molecule has 0 spiro atoms. The lowest BCUT2D eigenvalue weighted by atomic mass is 10.1. The summed E-state index contributed by atoms with van der Waals surface area (Å²) in [5, 5.41) is 2.99. The second-order valence-electron chi connectivity index (χ2n) is 6.71. The van der Waals surface area contributed by atoms with Crippen LogP contribution in [0.1, 0.15) is 16.7 Å². The molecule has 1 heterocycles. The molecular formula is C21H26N2O2S. The van der Waals surface area contributed by atoms with E-state index < -0.39 is 0 Å². The third kappa shape index (κ3) is 4.80. The fraction of sp³-hybridized carbons (Fsp3) is 0.381. The first-order valence-electron chi connectivity index (χ1n) is 8.96. The molecule has 0 bridgehead atoms. The number of carbonyl (C=O) groups is 1. The molecule has 26 heavy (non-hydrogen) atoms. The molecule has 1 amide bonds. The van der Waals surface area contributed by atoms with Crippen molar-refractivity contribution in [1.82, 2.24) is 0 Å². The molecule has 0 aliphatic carbocycles. The first-order chi connectivity index (χ1) is 12.5. The number of nitrogens with one attached hydrogen (secondary N) is 1. The van der Waals surface area contributed by atoms with E-state index in [-0.39, 0.29) is 5.91 Å². The minimum absolute atomic E-state index is 0.0218. The van der Waals surface area contributed by atoms with E-state index >= 15 is 0 Å². The lowest BCUT2D eigenvalue weighted by Gasteiger charge is -2.28. The average molecular weight is 371 g/mol. The van der Waals surface area contributed by atoms with Crippen LogP contribution in [0, 0.1) is 20.8 Å². The van der Waals surface area contributed by atoms with Gasteiger partial charge in [0.05, 0.1) is 19.0 Å². The number of hydrogen-bond acceptors (Lipinski definition) is 4. The van der Waals surface area contributed by atoms with Crippen molar-refractivity contribution in [2.45, 2.75) is 25.7 Å². The molecule has 3 rings (SSSR count). The van der Waals surface area contributed by atoms with E-state index in [1.165, 1.54) is 27.3 Å². The predicted octanol–water partition coefficient (Wildman–Crippen LogP) is 4.18. The largest absolute Gasteiger partial charge is 0.378 e. The van der Waals surface area contributed by atoms with E-state index in [4.69, 9.17) is 4.74 Å². The molecule has 2 aromatic carbocycles. The molecule has 1 saturated heterocycles. The second-order valence-corrected chi connectivity index (χ2v) is 7.70. The highest BCUT2D eigenvalue weighted by atomic mass is 32.2. The Morgan fingerprint density at radius 2 is 1.69 bits per heavy atom. The van der Waals surface area contributed by atoms with Crippen molar-refractivity contribution in [1.29, 1.82) is 0 Å². The van der Waals surface area contributed by atoms with E-state index in [0.29, 0.717) is 5.75 Å². The number of aryl methyl sites for hydroxylation is 3. The van der Waals surface area contributed by atoms with Crippen molar-refractivity contribution >= 4 is 29.0 Å². The summed E-state index contributed by atoms with van der Waals surface area (Å²) in [6.07, 6.45) is 0. The van der Waals surface area contributed by atoms with Crippen LogP contribution in [0.4, 0.5) is 11.4 Å². The Labute approximate surface area is 159 Å². The lowest BCUT2D eigenvalue weighted by Crippen LogP contribution is -2.36. The standard InChI is InChI=1S/C21H26N2O2S/c1-15-12-16(2)21(17(3)13-15)26-14-20(24)22-18-4-6-19(7-5-18)23-8-10-25-11-9-23/h4-7,12-13H,8-11,14H2,1-3H3,(H,22,24). The number of carbonyl (C=O) groups excluding carboxylic acids is 1. The number of nitrogens with zero attached hydrogens (tertiary/aromatic N) is 1. The van der Waals surface area contributed by atoms with E-state index in [9.17, 15) is 4.79 Å². The fourth-order valence-corrected chi connectivity index (χ4v) is 4.23. The third-order valence-corrected chi connectivity index (χ3v) is 5.82. The van der Waals surface area contributed by atoms with Gasteiger partial charge in [0.15, 0.2) is 0 Å². The van der Waals surface area contributed by atoms with Gasteiger partial charge in [0, 0.05) is 29.4 Å². The summed E-state index contributed by atoms with van der Waals surface area (Å²) in [6.45, 7) is 9.67. The molecule has 0 unspecified atom stereocenters. The van der Waals surface area contributed by atoms with Crippen molar-refractivity contribution in [3.8, 4) is 0 Å². The predicted molar refractivity (Wildman–Crippen MR) is 109 cm³/mol. The summed E-state index contributed by atoms with van der Waals surface area (Å²) in [5.74, 6) is 0.434. The number of rotatable bonds is 5. The highest BCUT2D eigenvalue weighted by molar-refractivity contribution is 8.00. The average Bonchev–Trinajstić information content (AvgIpc) is 2.62. The Kier molecular flexibility index (Phi) is 6.22. The zero-order valence-corrected chi connectivity index (χ0v) is 16.5. The number of amides is 1. The van der Waals surface area contributed by atoms with E-state index in [1.54, 1.807) is 11.8 Å². The van der Waals surface area contributed by atoms with Crippen LogP contribution in [-0.4, -0.2) is 38.0 Å². The van der Waals surface area contributed by atoms with Crippen molar-refractivity contribution in [3.63, 3.8) is 0 Å². The normalized spacial score (nSPS) is 14.3. The molecular weight excluding hydrogens is 344 g/mol. The topological polar surface area (TPSA) is 41.6 Å². The molecule has 0 aromatic heterocycles. The Hall–Kier alpha value is -1.98. The molecule has 138 valence electrons. The SMILES string of the molecule is Cc1cc(C)c(SCC(=O)Nc2ccc(N3CCOCC3)cc2)c(C)c1. The van der Waals surface area contributed by atoms with Gasteiger partial charge in [-0.15, -0.1) is 11.8 Å². The van der Waals surface area contributed by atoms with Crippen molar-refractivity contribution in [2.24, 2.45) is 0 Å². The van der Waals surface area contributed by atoms with Gasteiger partial charge in [-0.25, -0.2) is 0 Å². The molecule has 4 nitrogen and oxygen atoms in total. The molecule has 1 N–H and O–H groups in total. The summed E-state index contributed by atoms with van der Waals surface area (Å²) < 4.78 is 5.38. The van der Waals surface area contributed by atoms with Crippen LogP contribution >= 0.6 is 11.8 Å². The van der Waals surface area contributed by atoms with E-state index in [1.807, 2.05) is 12.1 Å². The number of ether oxygens (including phenoxy) is 1. The molecule has 1 fully saturated rings. The van der Waals surface area contributed by atoms with Crippen LogP contribution in [0.15, 0.2) is 41.3 Å². The molecule has 5 heteroatoms. The Morgan fingerprint density at radius 1 is 1.08 bits per heavy atom. The number of morpholine rings is 1. The number of hydrogen-bond donors (Lipinski definition) is 1. The van der Waals surface area contributed by atoms with Crippen LogP contribution in [0.5, 0.6) is 0 Å². The zero-order chi connectivity index (χ0) is 18.5. The smallest absolute Gasteiger partial charge is 0.234 e. The Bertz CT molecular complexity index is 745. The van der Waals surface area contributed by atoms with Gasteiger partial charge in [-0.1, -0.05) is 17.7 Å². The molecule has 1 aliphatic heterocycles.